The predicted molar refractivity (Wildman–Crippen MR) is 98.8 cm³/mol. The summed E-state index contributed by atoms with van der Waals surface area (Å²) in [6.45, 7) is 4.58. The van der Waals surface area contributed by atoms with Crippen LogP contribution in [0.3, 0.4) is 0 Å². The summed E-state index contributed by atoms with van der Waals surface area (Å²) in [5, 5.41) is 6.26. The second kappa shape index (κ2) is 8.33. The Kier molecular flexibility index (Phi) is 5.91. The fourth-order valence-corrected chi connectivity index (χ4v) is 3.29. The third kappa shape index (κ3) is 4.38. The van der Waals surface area contributed by atoms with Crippen molar-refractivity contribution in [3.63, 3.8) is 0 Å². The lowest BCUT2D eigenvalue weighted by atomic mass is 10.1. The van der Waals surface area contributed by atoms with Crippen LogP contribution in [0.5, 0.6) is 0 Å². The highest BCUT2D eigenvalue weighted by Crippen LogP contribution is 2.22. The highest BCUT2D eigenvalue weighted by molar-refractivity contribution is 7.99. The van der Waals surface area contributed by atoms with Gasteiger partial charge in [-0.05, 0) is 47.7 Å². The van der Waals surface area contributed by atoms with Crippen LogP contribution in [0, 0.1) is 0 Å². The molecule has 2 aromatic carbocycles. The van der Waals surface area contributed by atoms with E-state index in [9.17, 15) is 4.79 Å². The molecule has 1 aliphatic rings. The Labute approximate surface area is 147 Å². The van der Waals surface area contributed by atoms with Crippen molar-refractivity contribution in [2.45, 2.75) is 17.9 Å². The molecule has 4 nitrogen and oxygen atoms in total. The first-order valence-corrected chi connectivity index (χ1v) is 9.21. The highest BCUT2D eigenvalue weighted by atomic mass is 32.2. The number of nitrogens with one attached hydrogen (secondary N) is 2. The third-order valence-corrected chi connectivity index (χ3v) is 4.79. The van der Waals surface area contributed by atoms with Crippen molar-refractivity contribution in [1.29, 1.82) is 0 Å². The Bertz CT molecular complexity index is 665. The van der Waals surface area contributed by atoms with E-state index in [4.69, 9.17) is 4.74 Å². The first-order valence-electron chi connectivity index (χ1n) is 8.23. The van der Waals surface area contributed by atoms with Crippen molar-refractivity contribution < 1.29 is 9.53 Å². The van der Waals surface area contributed by atoms with Crippen molar-refractivity contribution in [3.8, 4) is 0 Å². The number of morpholine rings is 1. The first-order chi connectivity index (χ1) is 11.8. The maximum atomic E-state index is 12.3. The number of carbonyl (C=O) groups is 1. The Morgan fingerprint density at radius 2 is 1.96 bits per heavy atom. The van der Waals surface area contributed by atoms with Gasteiger partial charge in [0.1, 0.15) is 0 Å². The number of benzene rings is 2. The Balaban J connectivity index is 1.61. The lowest BCUT2D eigenvalue weighted by Gasteiger charge is -2.24. The third-order valence-electron chi connectivity index (χ3n) is 3.90. The van der Waals surface area contributed by atoms with Gasteiger partial charge in [0.05, 0.1) is 12.7 Å². The molecule has 24 heavy (non-hydrogen) atoms. The molecule has 2 aromatic rings. The fourth-order valence-electron chi connectivity index (χ4n) is 2.63. The number of thioether (sulfide) groups is 1. The molecule has 1 atom stereocenters. The van der Waals surface area contributed by atoms with E-state index < -0.39 is 0 Å². The summed E-state index contributed by atoms with van der Waals surface area (Å²) in [6, 6.07) is 15.6. The van der Waals surface area contributed by atoms with Crippen LogP contribution in [0.25, 0.3) is 0 Å². The minimum Gasteiger partial charge on any atom is -0.371 e. The van der Waals surface area contributed by atoms with E-state index in [1.165, 1.54) is 4.90 Å². The zero-order valence-electron chi connectivity index (χ0n) is 13.7. The maximum Gasteiger partial charge on any atom is 0.255 e. The average Bonchev–Trinajstić information content (AvgIpc) is 2.64. The molecule has 1 aliphatic heterocycles. The van der Waals surface area contributed by atoms with Crippen molar-refractivity contribution in [2.24, 2.45) is 0 Å². The smallest absolute Gasteiger partial charge is 0.255 e. The van der Waals surface area contributed by atoms with E-state index in [1.54, 1.807) is 11.8 Å². The average molecular weight is 342 g/mol. The molecule has 0 saturated carbocycles. The summed E-state index contributed by atoms with van der Waals surface area (Å²) in [4.78, 5) is 13.5. The van der Waals surface area contributed by atoms with Crippen LogP contribution in [0.1, 0.15) is 28.9 Å². The molecule has 0 radical (unpaired) electrons. The summed E-state index contributed by atoms with van der Waals surface area (Å²) in [5.74, 6) is 0.935. The molecule has 1 heterocycles. The predicted octanol–water partition coefficient (Wildman–Crippen LogP) is 3.71. The van der Waals surface area contributed by atoms with E-state index >= 15 is 0 Å². The molecule has 0 bridgehead atoms. The summed E-state index contributed by atoms with van der Waals surface area (Å²) >= 11 is 1.77. The molecule has 0 aliphatic carbocycles. The molecule has 0 spiro atoms. The highest BCUT2D eigenvalue weighted by Gasteiger charge is 2.15. The largest absolute Gasteiger partial charge is 0.371 e. The molecular formula is C19H22N2O2S. The standard InChI is InChI=1S/C19H22N2O2S/c1-2-24-17-9-5-15(6-10-17)19(22)21-16-7-3-14(4-8-16)18-13-20-11-12-23-18/h3-10,18,20H,2,11-13H2,1H3,(H,21,22)/t18-/m0/s1. The SMILES string of the molecule is CCSc1ccc(C(=O)Nc2ccc([C@@H]3CNCCO3)cc2)cc1. The van der Waals surface area contributed by atoms with E-state index in [0.29, 0.717) is 5.56 Å². The van der Waals surface area contributed by atoms with Gasteiger partial charge in [-0.1, -0.05) is 19.1 Å². The second-order valence-corrected chi connectivity index (χ2v) is 6.93. The van der Waals surface area contributed by atoms with E-state index in [2.05, 4.69) is 17.6 Å². The van der Waals surface area contributed by atoms with Gasteiger partial charge in [0.15, 0.2) is 0 Å². The Morgan fingerprint density at radius 1 is 1.21 bits per heavy atom. The van der Waals surface area contributed by atoms with Gasteiger partial charge in [0, 0.05) is 29.2 Å². The second-order valence-electron chi connectivity index (χ2n) is 5.60. The summed E-state index contributed by atoms with van der Waals surface area (Å²) in [6.07, 6.45) is 0.0899. The minimum absolute atomic E-state index is 0.0899. The van der Waals surface area contributed by atoms with Crippen LogP contribution < -0.4 is 10.6 Å². The summed E-state index contributed by atoms with van der Waals surface area (Å²) in [5.41, 5.74) is 2.58. The maximum absolute atomic E-state index is 12.3. The lowest BCUT2D eigenvalue weighted by molar-refractivity contribution is 0.0277. The number of amides is 1. The van der Waals surface area contributed by atoms with Crippen LogP contribution in [-0.2, 0) is 4.74 Å². The van der Waals surface area contributed by atoms with E-state index in [-0.39, 0.29) is 12.0 Å². The molecule has 126 valence electrons. The van der Waals surface area contributed by atoms with Crippen LogP contribution in [0.4, 0.5) is 5.69 Å². The first kappa shape index (κ1) is 17.0. The van der Waals surface area contributed by atoms with Gasteiger partial charge >= 0.3 is 0 Å². The quantitative estimate of drug-likeness (QED) is 0.813. The number of rotatable bonds is 5. The number of hydrogen-bond donors (Lipinski definition) is 2. The van der Waals surface area contributed by atoms with Crippen molar-refractivity contribution in [3.05, 3.63) is 59.7 Å². The van der Waals surface area contributed by atoms with Crippen LogP contribution in [0.2, 0.25) is 0 Å². The lowest BCUT2D eigenvalue weighted by Crippen LogP contribution is -2.33. The normalized spacial score (nSPS) is 17.5. The molecule has 1 fully saturated rings. The fraction of sp³-hybridized carbons (Fsp3) is 0.316. The molecule has 0 aromatic heterocycles. The topological polar surface area (TPSA) is 50.4 Å². The van der Waals surface area contributed by atoms with Gasteiger partial charge in [-0.2, -0.15) is 0 Å². The van der Waals surface area contributed by atoms with E-state index in [0.717, 1.165) is 36.7 Å². The van der Waals surface area contributed by atoms with Crippen LogP contribution >= 0.6 is 11.8 Å². The minimum atomic E-state index is -0.0913. The molecule has 5 heteroatoms. The van der Waals surface area contributed by atoms with Crippen LogP contribution in [0.15, 0.2) is 53.4 Å². The summed E-state index contributed by atoms with van der Waals surface area (Å²) in [7, 11) is 0. The van der Waals surface area contributed by atoms with Gasteiger partial charge in [-0.3, -0.25) is 4.79 Å². The Hall–Kier alpha value is -1.82. The van der Waals surface area contributed by atoms with Gasteiger partial charge in [-0.15, -0.1) is 11.8 Å². The number of ether oxygens (including phenoxy) is 1. The van der Waals surface area contributed by atoms with Crippen molar-refractivity contribution >= 4 is 23.4 Å². The van der Waals surface area contributed by atoms with Crippen molar-refractivity contribution in [2.75, 3.05) is 30.8 Å². The molecule has 0 unspecified atom stereocenters. The number of hydrogen-bond acceptors (Lipinski definition) is 4. The van der Waals surface area contributed by atoms with Crippen molar-refractivity contribution in [1.82, 2.24) is 5.32 Å². The molecule has 1 amide bonds. The van der Waals surface area contributed by atoms with Gasteiger partial charge in [0.25, 0.3) is 5.91 Å². The molecule has 2 N–H and O–H groups in total. The monoisotopic (exact) mass is 342 g/mol. The zero-order valence-corrected chi connectivity index (χ0v) is 14.6. The number of anilines is 1. The van der Waals surface area contributed by atoms with E-state index in [1.807, 2.05) is 48.5 Å². The van der Waals surface area contributed by atoms with Gasteiger partial charge in [0.2, 0.25) is 0 Å². The molecular weight excluding hydrogens is 320 g/mol. The number of carbonyl (C=O) groups excluding carboxylic acids is 1. The summed E-state index contributed by atoms with van der Waals surface area (Å²) < 4.78 is 5.73. The zero-order chi connectivity index (χ0) is 16.8. The van der Waals surface area contributed by atoms with Crippen LogP contribution in [-0.4, -0.2) is 31.4 Å². The Morgan fingerprint density at radius 3 is 2.58 bits per heavy atom. The van der Waals surface area contributed by atoms with Gasteiger partial charge < -0.3 is 15.4 Å². The van der Waals surface area contributed by atoms with Gasteiger partial charge in [-0.25, -0.2) is 0 Å². The molecule has 1 saturated heterocycles. The molecule has 3 rings (SSSR count).